The Morgan fingerprint density at radius 2 is 1.76 bits per heavy atom. The number of nitrogens with one attached hydrogen (secondary N) is 2. The maximum atomic E-state index is 12.0. The van der Waals surface area contributed by atoms with Gasteiger partial charge in [0.2, 0.25) is 5.91 Å². The van der Waals surface area contributed by atoms with Crippen LogP contribution in [0.1, 0.15) is 32.1 Å². The third-order valence-electron chi connectivity index (χ3n) is 4.19. The van der Waals surface area contributed by atoms with Crippen molar-refractivity contribution in [3.63, 3.8) is 0 Å². The van der Waals surface area contributed by atoms with Crippen LogP contribution in [0, 0.1) is 0 Å². The van der Waals surface area contributed by atoms with E-state index in [1.165, 1.54) is 0 Å². The minimum Gasteiger partial charge on any atom is -0.338 e. The molecule has 2 aromatic carbocycles. The van der Waals surface area contributed by atoms with Crippen molar-refractivity contribution < 1.29 is 4.79 Å². The molecular formula is C20H24N4O. The maximum Gasteiger partial charge on any atom is 0.224 e. The summed E-state index contributed by atoms with van der Waals surface area (Å²) in [6, 6.07) is 15.7. The smallest absolute Gasteiger partial charge is 0.224 e. The van der Waals surface area contributed by atoms with Crippen LogP contribution in [0.3, 0.4) is 0 Å². The Hall–Kier alpha value is -2.66. The maximum absolute atomic E-state index is 12.0. The summed E-state index contributed by atoms with van der Waals surface area (Å²) in [6.07, 6.45) is 4.63. The summed E-state index contributed by atoms with van der Waals surface area (Å²) < 4.78 is 0. The van der Waals surface area contributed by atoms with Crippen LogP contribution < -0.4 is 11.1 Å². The highest BCUT2D eigenvalue weighted by atomic mass is 16.1. The Bertz CT molecular complexity index is 790. The predicted octanol–water partition coefficient (Wildman–Crippen LogP) is 4.08. The Balaban J connectivity index is 1.56. The van der Waals surface area contributed by atoms with Gasteiger partial charge in [0.15, 0.2) is 0 Å². The molecule has 4 N–H and O–H groups in total. The Morgan fingerprint density at radius 1 is 1.00 bits per heavy atom. The summed E-state index contributed by atoms with van der Waals surface area (Å²) in [6.45, 7) is 0.726. The summed E-state index contributed by atoms with van der Waals surface area (Å²) in [5, 5.41) is 2.94. The molecule has 1 heterocycles. The lowest BCUT2D eigenvalue weighted by Crippen LogP contribution is -2.11. The van der Waals surface area contributed by atoms with E-state index in [1.807, 2.05) is 48.5 Å². The van der Waals surface area contributed by atoms with Gasteiger partial charge in [-0.05, 0) is 55.8 Å². The first-order valence-electron chi connectivity index (χ1n) is 8.81. The van der Waals surface area contributed by atoms with Crippen molar-refractivity contribution in [1.29, 1.82) is 0 Å². The lowest BCUT2D eigenvalue weighted by Gasteiger charge is -2.06. The number of nitrogens with two attached hydrogens (primary N) is 1. The number of carbonyl (C=O) groups is 1. The fourth-order valence-corrected chi connectivity index (χ4v) is 2.81. The monoisotopic (exact) mass is 336 g/mol. The van der Waals surface area contributed by atoms with Gasteiger partial charge in [-0.15, -0.1) is 0 Å². The molecule has 0 aliphatic carbocycles. The highest BCUT2D eigenvalue weighted by Crippen LogP contribution is 2.22. The van der Waals surface area contributed by atoms with Gasteiger partial charge in [-0.2, -0.15) is 0 Å². The van der Waals surface area contributed by atoms with E-state index in [2.05, 4.69) is 15.3 Å². The minimum absolute atomic E-state index is 0.0595. The third-order valence-corrected chi connectivity index (χ3v) is 4.19. The van der Waals surface area contributed by atoms with Gasteiger partial charge < -0.3 is 16.0 Å². The number of imidazole rings is 1. The zero-order valence-corrected chi connectivity index (χ0v) is 14.3. The molecule has 130 valence electrons. The van der Waals surface area contributed by atoms with Crippen molar-refractivity contribution in [3.05, 3.63) is 48.5 Å². The number of nitrogens with zero attached hydrogens (tertiary/aromatic N) is 1. The number of para-hydroxylation sites is 2. The standard InChI is InChI=1S/C20H24N4O/c21-14-6-2-1-3-9-19(25)22-16-12-10-15(11-13-16)20-23-17-7-4-5-8-18(17)24-20/h4-5,7-8,10-13H,1-3,6,9,14,21H2,(H,22,25)(H,23,24). The minimum atomic E-state index is 0.0595. The van der Waals surface area contributed by atoms with E-state index in [0.717, 1.165) is 60.3 Å². The van der Waals surface area contributed by atoms with Gasteiger partial charge in [0.05, 0.1) is 11.0 Å². The molecular weight excluding hydrogens is 312 g/mol. The number of unbranched alkanes of at least 4 members (excludes halogenated alkanes) is 3. The molecule has 3 rings (SSSR count). The molecule has 0 saturated carbocycles. The van der Waals surface area contributed by atoms with E-state index in [-0.39, 0.29) is 5.91 Å². The third kappa shape index (κ3) is 4.67. The molecule has 3 aromatic rings. The fourth-order valence-electron chi connectivity index (χ4n) is 2.81. The number of carbonyl (C=O) groups excluding carboxylic acids is 1. The molecule has 0 fully saturated rings. The molecule has 1 amide bonds. The molecule has 25 heavy (non-hydrogen) atoms. The number of amides is 1. The van der Waals surface area contributed by atoms with E-state index < -0.39 is 0 Å². The molecule has 0 bridgehead atoms. The van der Waals surface area contributed by atoms with Crippen molar-refractivity contribution in [1.82, 2.24) is 9.97 Å². The SMILES string of the molecule is NCCCCCCC(=O)Nc1ccc(-c2nc3ccccc3[nH]2)cc1. The molecule has 0 unspecified atom stereocenters. The van der Waals surface area contributed by atoms with E-state index in [4.69, 9.17) is 5.73 Å². The van der Waals surface area contributed by atoms with Crippen molar-refractivity contribution in [3.8, 4) is 11.4 Å². The van der Waals surface area contributed by atoms with Crippen LogP contribution in [0.25, 0.3) is 22.4 Å². The average molecular weight is 336 g/mol. The number of anilines is 1. The van der Waals surface area contributed by atoms with Gasteiger partial charge in [0.1, 0.15) is 5.82 Å². The Morgan fingerprint density at radius 3 is 2.52 bits per heavy atom. The topological polar surface area (TPSA) is 83.8 Å². The summed E-state index contributed by atoms with van der Waals surface area (Å²) >= 11 is 0. The zero-order valence-electron chi connectivity index (χ0n) is 14.3. The number of aromatic amines is 1. The first kappa shape index (κ1) is 17.2. The number of rotatable bonds is 8. The number of fused-ring (bicyclic) bond motifs is 1. The number of aromatic nitrogens is 2. The zero-order chi connectivity index (χ0) is 17.5. The molecule has 0 radical (unpaired) electrons. The second-order valence-electron chi connectivity index (χ2n) is 6.18. The molecule has 0 saturated heterocycles. The van der Waals surface area contributed by atoms with Crippen LogP contribution in [0.4, 0.5) is 5.69 Å². The first-order valence-corrected chi connectivity index (χ1v) is 8.81. The van der Waals surface area contributed by atoms with Crippen molar-refractivity contribution >= 4 is 22.6 Å². The molecule has 0 spiro atoms. The van der Waals surface area contributed by atoms with E-state index >= 15 is 0 Å². The van der Waals surface area contributed by atoms with Gasteiger partial charge in [-0.3, -0.25) is 4.79 Å². The first-order chi connectivity index (χ1) is 12.3. The van der Waals surface area contributed by atoms with Gasteiger partial charge >= 0.3 is 0 Å². The summed E-state index contributed by atoms with van der Waals surface area (Å²) in [4.78, 5) is 19.9. The highest BCUT2D eigenvalue weighted by molar-refractivity contribution is 5.91. The van der Waals surface area contributed by atoms with Crippen LogP contribution in [0.2, 0.25) is 0 Å². The van der Waals surface area contributed by atoms with Crippen LogP contribution in [-0.2, 0) is 4.79 Å². The van der Waals surface area contributed by atoms with Crippen molar-refractivity contribution in [2.75, 3.05) is 11.9 Å². The number of hydrogen-bond donors (Lipinski definition) is 3. The Kier molecular flexibility index (Phi) is 5.80. The summed E-state index contributed by atoms with van der Waals surface area (Å²) in [5.41, 5.74) is 9.24. The summed E-state index contributed by atoms with van der Waals surface area (Å²) in [5.74, 6) is 0.892. The molecule has 0 atom stereocenters. The largest absolute Gasteiger partial charge is 0.338 e. The summed E-state index contributed by atoms with van der Waals surface area (Å²) in [7, 11) is 0. The Labute approximate surface area is 147 Å². The van der Waals surface area contributed by atoms with E-state index in [0.29, 0.717) is 6.42 Å². The van der Waals surface area contributed by atoms with Crippen LogP contribution >= 0.6 is 0 Å². The predicted molar refractivity (Wildman–Crippen MR) is 102 cm³/mol. The second-order valence-corrected chi connectivity index (χ2v) is 6.18. The molecule has 1 aromatic heterocycles. The van der Waals surface area contributed by atoms with Crippen LogP contribution in [0.5, 0.6) is 0 Å². The fraction of sp³-hybridized carbons (Fsp3) is 0.300. The van der Waals surface area contributed by atoms with Gasteiger partial charge in [0.25, 0.3) is 0 Å². The highest BCUT2D eigenvalue weighted by Gasteiger charge is 2.06. The molecule has 5 heteroatoms. The van der Waals surface area contributed by atoms with Crippen molar-refractivity contribution in [2.24, 2.45) is 5.73 Å². The normalized spacial score (nSPS) is 10.9. The lowest BCUT2D eigenvalue weighted by molar-refractivity contribution is -0.116. The van der Waals surface area contributed by atoms with E-state index in [9.17, 15) is 4.79 Å². The quantitative estimate of drug-likeness (QED) is 0.542. The number of benzene rings is 2. The van der Waals surface area contributed by atoms with Gasteiger partial charge in [-0.1, -0.05) is 25.0 Å². The molecule has 0 aliphatic heterocycles. The lowest BCUT2D eigenvalue weighted by atomic mass is 10.1. The van der Waals surface area contributed by atoms with E-state index in [1.54, 1.807) is 0 Å². The molecule has 0 aliphatic rings. The van der Waals surface area contributed by atoms with Gasteiger partial charge in [-0.25, -0.2) is 4.98 Å². The van der Waals surface area contributed by atoms with Gasteiger partial charge in [0, 0.05) is 17.7 Å². The average Bonchev–Trinajstić information content (AvgIpc) is 3.06. The van der Waals surface area contributed by atoms with Crippen LogP contribution in [-0.4, -0.2) is 22.4 Å². The number of H-pyrrole nitrogens is 1. The second kappa shape index (κ2) is 8.44. The van der Waals surface area contributed by atoms with Crippen molar-refractivity contribution in [2.45, 2.75) is 32.1 Å². The number of hydrogen-bond acceptors (Lipinski definition) is 3. The molecule has 5 nitrogen and oxygen atoms in total. The van der Waals surface area contributed by atoms with Crippen LogP contribution in [0.15, 0.2) is 48.5 Å².